The molecule has 0 spiro atoms. The summed E-state index contributed by atoms with van der Waals surface area (Å²) in [5, 5.41) is 3.24. The Morgan fingerprint density at radius 2 is 1.77 bits per heavy atom. The van der Waals surface area contributed by atoms with Crippen LogP contribution >= 0.6 is 0 Å². The van der Waals surface area contributed by atoms with Gasteiger partial charge in [0.1, 0.15) is 5.54 Å². The van der Waals surface area contributed by atoms with Gasteiger partial charge in [-0.3, -0.25) is 14.5 Å². The Bertz CT molecular complexity index is 1170. The van der Waals surface area contributed by atoms with Crippen molar-refractivity contribution in [3.05, 3.63) is 59.4 Å². The van der Waals surface area contributed by atoms with Crippen molar-refractivity contribution in [1.29, 1.82) is 0 Å². The molecule has 2 aromatic carbocycles. The van der Waals surface area contributed by atoms with Crippen molar-refractivity contribution in [3.63, 3.8) is 0 Å². The Labute approximate surface area is 182 Å². The summed E-state index contributed by atoms with van der Waals surface area (Å²) in [6, 6.07) is 13.9. The van der Waals surface area contributed by atoms with Gasteiger partial charge in [0.2, 0.25) is 11.7 Å². The number of imidazole rings is 1. The molecule has 1 aliphatic heterocycles. The number of para-hydroxylation sites is 2. The molecule has 1 N–H and O–H groups in total. The number of carbonyl (C=O) groups excluding carboxylic acids is 2. The van der Waals surface area contributed by atoms with Gasteiger partial charge in [-0.2, -0.15) is 0 Å². The molecular weight excluding hydrogens is 388 g/mol. The quantitative estimate of drug-likeness (QED) is 0.698. The van der Waals surface area contributed by atoms with E-state index >= 15 is 0 Å². The van der Waals surface area contributed by atoms with Crippen molar-refractivity contribution in [1.82, 2.24) is 14.9 Å². The van der Waals surface area contributed by atoms with Gasteiger partial charge in [-0.25, -0.2) is 4.98 Å². The van der Waals surface area contributed by atoms with Crippen LogP contribution in [0.2, 0.25) is 0 Å². The van der Waals surface area contributed by atoms with E-state index < -0.39 is 5.54 Å². The predicted octanol–water partition coefficient (Wildman–Crippen LogP) is 4.13. The summed E-state index contributed by atoms with van der Waals surface area (Å²) in [6.45, 7) is 6.26. The maximum absolute atomic E-state index is 13.8. The van der Waals surface area contributed by atoms with Crippen molar-refractivity contribution in [2.24, 2.45) is 0 Å². The third kappa shape index (κ3) is 3.21. The van der Waals surface area contributed by atoms with Gasteiger partial charge in [-0.05, 0) is 69.0 Å². The number of anilines is 1. The Hall–Kier alpha value is -3.15. The van der Waals surface area contributed by atoms with Gasteiger partial charge in [0.25, 0.3) is 5.91 Å². The normalized spacial score (nSPS) is 21.5. The minimum absolute atomic E-state index is 0.102. The van der Waals surface area contributed by atoms with Crippen LogP contribution < -0.4 is 10.2 Å². The molecule has 2 amide bonds. The first-order valence-corrected chi connectivity index (χ1v) is 11.1. The van der Waals surface area contributed by atoms with Crippen LogP contribution in [0.1, 0.15) is 54.4 Å². The van der Waals surface area contributed by atoms with Crippen LogP contribution in [0.5, 0.6) is 0 Å². The first-order valence-electron chi connectivity index (χ1n) is 11.1. The Morgan fingerprint density at radius 1 is 1.10 bits per heavy atom. The van der Waals surface area contributed by atoms with Gasteiger partial charge in [0, 0.05) is 11.7 Å². The van der Waals surface area contributed by atoms with E-state index in [1.807, 2.05) is 61.7 Å². The number of rotatable bonds is 3. The van der Waals surface area contributed by atoms with E-state index in [4.69, 9.17) is 0 Å². The number of aromatic nitrogens is 2. The molecule has 1 saturated carbocycles. The number of hydrogen-bond donors (Lipinski definition) is 1. The van der Waals surface area contributed by atoms with E-state index in [0.717, 1.165) is 53.5 Å². The molecule has 1 aliphatic carbocycles. The maximum Gasteiger partial charge on any atom is 0.295 e. The third-order valence-corrected chi connectivity index (χ3v) is 6.65. The van der Waals surface area contributed by atoms with Crippen molar-refractivity contribution < 1.29 is 9.59 Å². The average Bonchev–Trinajstić information content (AvgIpc) is 3.35. The molecule has 1 unspecified atom stereocenters. The molecule has 0 bridgehead atoms. The SMILES string of the molecule is Cc1cc(C)cc(N2C(=O)c3nc4ccccc4n3CC2(C)C(=O)NC2CCCC2)c1. The lowest BCUT2D eigenvalue weighted by Gasteiger charge is -2.44. The molecule has 0 radical (unpaired) electrons. The van der Waals surface area contributed by atoms with Gasteiger partial charge >= 0.3 is 0 Å². The molecule has 1 fully saturated rings. The van der Waals surface area contributed by atoms with E-state index in [9.17, 15) is 9.59 Å². The smallest absolute Gasteiger partial charge is 0.295 e. The highest BCUT2D eigenvalue weighted by Gasteiger charge is 2.49. The predicted molar refractivity (Wildman–Crippen MR) is 121 cm³/mol. The monoisotopic (exact) mass is 416 g/mol. The fourth-order valence-electron chi connectivity index (χ4n) is 5.17. The molecule has 5 rings (SSSR count). The summed E-state index contributed by atoms with van der Waals surface area (Å²) < 4.78 is 1.91. The first kappa shape index (κ1) is 19.8. The Balaban J connectivity index is 1.66. The van der Waals surface area contributed by atoms with Crippen LogP contribution in [-0.4, -0.2) is 32.9 Å². The van der Waals surface area contributed by atoms with Gasteiger partial charge in [-0.15, -0.1) is 0 Å². The number of nitrogens with one attached hydrogen (secondary N) is 1. The zero-order chi connectivity index (χ0) is 21.8. The van der Waals surface area contributed by atoms with Gasteiger partial charge in [0.15, 0.2) is 0 Å². The lowest BCUT2D eigenvalue weighted by atomic mass is 9.93. The summed E-state index contributed by atoms with van der Waals surface area (Å²) in [6.07, 6.45) is 4.27. The number of carbonyl (C=O) groups is 2. The summed E-state index contributed by atoms with van der Waals surface area (Å²) in [4.78, 5) is 33.8. The highest BCUT2D eigenvalue weighted by atomic mass is 16.2. The van der Waals surface area contributed by atoms with Crippen LogP contribution in [-0.2, 0) is 11.3 Å². The van der Waals surface area contributed by atoms with Gasteiger partial charge in [-0.1, -0.05) is 31.0 Å². The summed E-state index contributed by atoms with van der Waals surface area (Å²) >= 11 is 0. The van der Waals surface area contributed by atoms with Crippen molar-refractivity contribution in [2.45, 2.75) is 64.6 Å². The first-order chi connectivity index (χ1) is 14.9. The number of fused-ring (bicyclic) bond motifs is 3. The molecule has 2 aliphatic rings. The third-order valence-electron chi connectivity index (χ3n) is 6.65. The zero-order valence-electron chi connectivity index (χ0n) is 18.3. The van der Waals surface area contributed by atoms with Gasteiger partial charge in [0.05, 0.1) is 17.6 Å². The lowest BCUT2D eigenvalue weighted by molar-refractivity contribution is -0.127. The topological polar surface area (TPSA) is 67.2 Å². The second kappa shape index (κ2) is 7.22. The summed E-state index contributed by atoms with van der Waals surface area (Å²) in [5.74, 6) is 0.0402. The minimum Gasteiger partial charge on any atom is -0.351 e. The molecule has 160 valence electrons. The Kier molecular flexibility index (Phi) is 4.61. The number of hydrogen-bond acceptors (Lipinski definition) is 3. The van der Waals surface area contributed by atoms with E-state index in [1.165, 1.54) is 0 Å². The number of benzene rings is 2. The van der Waals surface area contributed by atoms with Crippen LogP contribution in [0, 0.1) is 13.8 Å². The Morgan fingerprint density at radius 3 is 2.48 bits per heavy atom. The molecular formula is C25H28N4O2. The standard InChI is InChI=1S/C25H28N4O2/c1-16-12-17(2)14-19(13-16)29-23(30)22-27-20-10-6-7-11-21(20)28(22)15-25(29,3)24(31)26-18-8-4-5-9-18/h6-7,10-14,18H,4-5,8-9,15H2,1-3H3,(H,26,31). The average molecular weight is 417 g/mol. The highest BCUT2D eigenvalue weighted by Crippen LogP contribution is 2.36. The van der Waals surface area contributed by atoms with E-state index in [2.05, 4.69) is 16.4 Å². The van der Waals surface area contributed by atoms with Crippen molar-refractivity contribution >= 4 is 28.5 Å². The maximum atomic E-state index is 13.8. The fraction of sp³-hybridized carbons (Fsp3) is 0.400. The molecule has 2 heterocycles. The second-order valence-corrected chi connectivity index (χ2v) is 9.23. The van der Waals surface area contributed by atoms with Crippen molar-refractivity contribution in [3.8, 4) is 0 Å². The summed E-state index contributed by atoms with van der Waals surface area (Å²) in [5.41, 5.74) is 3.44. The molecule has 3 aromatic rings. The molecule has 6 nitrogen and oxygen atoms in total. The molecule has 1 aromatic heterocycles. The van der Waals surface area contributed by atoms with E-state index in [-0.39, 0.29) is 17.9 Å². The van der Waals surface area contributed by atoms with Crippen LogP contribution in [0.3, 0.4) is 0 Å². The van der Waals surface area contributed by atoms with Crippen LogP contribution in [0.15, 0.2) is 42.5 Å². The second-order valence-electron chi connectivity index (χ2n) is 9.23. The zero-order valence-corrected chi connectivity index (χ0v) is 18.3. The molecule has 1 atom stereocenters. The molecule has 6 heteroatoms. The van der Waals surface area contributed by atoms with Gasteiger partial charge < -0.3 is 9.88 Å². The largest absolute Gasteiger partial charge is 0.351 e. The highest BCUT2D eigenvalue weighted by molar-refractivity contribution is 6.12. The van der Waals surface area contributed by atoms with Crippen LogP contribution in [0.25, 0.3) is 11.0 Å². The van der Waals surface area contributed by atoms with E-state index in [1.54, 1.807) is 4.90 Å². The fourth-order valence-corrected chi connectivity index (χ4v) is 5.17. The minimum atomic E-state index is -1.06. The number of nitrogens with zero attached hydrogens (tertiary/aromatic N) is 3. The summed E-state index contributed by atoms with van der Waals surface area (Å²) in [7, 11) is 0. The lowest BCUT2D eigenvalue weighted by Crippen LogP contribution is -2.65. The van der Waals surface area contributed by atoms with E-state index in [0.29, 0.717) is 12.4 Å². The van der Waals surface area contributed by atoms with Crippen molar-refractivity contribution in [2.75, 3.05) is 4.90 Å². The number of amides is 2. The number of aryl methyl sites for hydroxylation is 2. The van der Waals surface area contributed by atoms with Crippen LogP contribution in [0.4, 0.5) is 5.69 Å². The molecule has 31 heavy (non-hydrogen) atoms. The molecule has 0 saturated heterocycles.